The molecule has 1 saturated carbocycles. The Bertz CT molecular complexity index is 1250. The molecule has 214 valence electrons. The number of nitrogens with zero attached hydrogens (tertiary/aromatic N) is 2. The van der Waals surface area contributed by atoms with Crippen molar-refractivity contribution >= 4 is 17.0 Å². The summed E-state index contributed by atoms with van der Waals surface area (Å²) in [5.41, 5.74) is 2.66. The van der Waals surface area contributed by atoms with E-state index in [4.69, 9.17) is 18.9 Å². The Hall–Kier alpha value is -3.16. The van der Waals surface area contributed by atoms with Gasteiger partial charge in [0, 0.05) is 43.7 Å². The first-order valence-electron chi connectivity index (χ1n) is 14.6. The lowest BCUT2D eigenvalue weighted by molar-refractivity contribution is -0.0359. The molecule has 0 spiro atoms. The zero-order valence-electron chi connectivity index (χ0n) is 24.0. The quantitative estimate of drug-likeness (QED) is 0.248. The molecule has 2 aromatic carbocycles. The minimum atomic E-state index is -0.540. The van der Waals surface area contributed by atoms with Gasteiger partial charge in [-0.25, -0.2) is 4.79 Å². The van der Waals surface area contributed by atoms with Crippen LogP contribution < -0.4 is 4.74 Å². The van der Waals surface area contributed by atoms with Gasteiger partial charge < -0.3 is 23.8 Å². The van der Waals surface area contributed by atoms with E-state index in [-0.39, 0.29) is 18.1 Å². The van der Waals surface area contributed by atoms with Crippen LogP contribution in [-0.4, -0.2) is 60.6 Å². The minimum absolute atomic E-state index is 0.155. The highest BCUT2D eigenvalue weighted by atomic mass is 16.6. The lowest BCUT2D eigenvalue weighted by Gasteiger charge is -2.39. The van der Waals surface area contributed by atoms with Gasteiger partial charge in [-0.1, -0.05) is 30.3 Å². The summed E-state index contributed by atoms with van der Waals surface area (Å²) in [6.07, 6.45) is 5.65. The SMILES string of the molecule is CC(C)(C)OC(=O)N1CC[C@H](c2ccc(OCCCOCC3CC3)cc2)[C@@H](OCc2ccc3cccnc3c2)C1. The second kappa shape index (κ2) is 13.0. The number of aromatic nitrogens is 1. The third kappa shape index (κ3) is 8.18. The van der Waals surface area contributed by atoms with Gasteiger partial charge in [-0.2, -0.15) is 0 Å². The van der Waals surface area contributed by atoms with Crippen molar-refractivity contribution in [2.75, 3.05) is 32.9 Å². The van der Waals surface area contributed by atoms with Crippen LogP contribution in [0.3, 0.4) is 0 Å². The van der Waals surface area contributed by atoms with E-state index in [1.807, 2.05) is 39.0 Å². The molecular weight excluding hydrogens is 504 g/mol. The fraction of sp³-hybridized carbons (Fsp3) is 0.515. The van der Waals surface area contributed by atoms with E-state index in [0.29, 0.717) is 26.3 Å². The topological polar surface area (TPSA) is 70.1 Å². The summed E-state index contributed by atoms with van der Waals surface area (Å²) in [5, 5.41) is 1.10. The fourth-order valence-corrected chi connectivity index (χ4v) is 5.06. The Balaban J connectivity index is 1.21. The van der Waals surface area contributed by atoms with Crippen molar-refractivity contribution in [3.8, 4) is 5.75 Å². The molecule has 0 unspecified atom stereocenters. The molecule has 1 aliphatic heterocycles. The van der Waals surface area contributed by atoms with Crippen molar-refractivity contribution < 1.29 is 23.7 Å². The van der Waals surface area contributed by atoms with Crippen LogP contribution in [0, 0.1) is 5.92 Å². The number of fused-ring (bicyclic) bond motifs is 1. The molecule has 1 aromatic heterocycles. The van der Waals surface area contributed by atoms with Crippen molar-refractivity contribution in [3.63, 3.8) is 0 Å². The zero-order valence-corrected chi connectivity index (χ0v) is 24.0. The van der Waals surface area contributed by atoms with E-state index in [1.54, 1.807) is 11.1 Å². The number of benzene rings is 2. The molecule has 1 saturated heterocycles. The number of carbonyl (C=O) groups excluding carboxylic acids is 1. The van der Waals surface area contributed by atoms with Gasteiger partial charge in [0.1, 0.15) is 11.4 Å². The van der Waals surface area contributed by atoms with Crippen LogP contribution in [0.5, 0.6) is 5.75 Å². The summed E-state index contributed by atoms with van der Waals surface area (Å²) in [7, 11) is 0. The maximum absolute atomic E-state index is 12.9. The number of rotatable bonds is 11. The van der Waals surface area contributed by atoms with Gasteiger partial charge in [0.2, 0.25) is 0 Å². The largest absolute Gasteiger partial charge is 0.494 e. The number of hydrogen-bond acceptors (Lipinski definition) is 6. The van der Waals surface area contributed by atoms with Gasteiger partial charge in [-0.3, -0.25) is 4.98 Å². The highest BCUT2D eigenvalue weighted by molar-refractivity contribution is 5.78. The highest BCUT2D eigenvalue weighted by Crippen LogP contribution is 2.33. The number of likely N-dealkylation sites (tertiary alicyclic amines) is 1. The fourth-order valence-electron chi connectivity index (χ4n) is 5.06. The molecule has 7 nitrogen and oxygen atoms in total. The van der Waals surface area contributed by atoms with Gasteiger partial charge in [-0.05, 0) is 81.3 Å². The Labute approximate surface area is 237 Å². The van der Waals surface area contributed by atoms with E-state index in [9.17, 15) is 4.79 Å². The van der Waals surface area contributed by atoms with E-state index < -0.39 is 5.60 Å². The van der Waals surface area contributed by atoms with Crippen LogP contribution in [0.2, 0.25) is 0 Å². The predicted octanol–water partition coefficient (Wildman–Crippen LogP) is 6.74. The van der Waals surface area contributed by atoms with Crippen LogP contribution in [0.25, 0.3) is 10.9 Å². The number of pyridine rings is 1. The zero-order chi connectivity index (χ0) is 28.0. The van der Waals surface area contributed by atoms with Crippen molar-refractivity contribution in [2.45, 2.75) is 70.7 Å². The molecule has 2 heterocycles. The lowest BCUT2D eigenvalue weighted by atomic mass is 9.87. The normalized spacial score (nSPS) is 19.5. The molecule has 1 amide bonds. The maximum Gasteiger partial charge on any atom is 0.410 e. The van der Waals surface area contributed by atoms with Crippen LogP contribution in [0.15, 0.2) is 60.8 Å². The highest BCUT2D eigenvalue weighted by Gasteiger charge is 2.35. The van der Waals surface area contributed by atoms with Crippen molar-refractivity contribution in [3.05, 3.63) is 71.9 Å². The summed E-state index contributed by atoms with van der Waals surface area (Å²) in [5.74, 6) is 1.81. The third-order valence-corrected chi connectivity index (χ3v) is 7.41. The number of hydrogen-bond donors (Lipinski definition) is 0. The van der Waals surface area contributed by atoms with E-state index in [1.165, 1.54) is 18.4 Å². The smallest absolute Gasteiger partial charge is 0.410 e. The Morgan fingerprint density at radius 2 is 1.85 bits per heavy atom. The Morgan fingerprint density at radius 1 is 1.02 bits per heavy atom. The lowest BCUT2D eigenvalue weighted by Crippen LogP contribution is -2.48. The maximum atomic E-state index is 12.9. The van der Waals surface area contributed by atoms with Gasteiger partial charge in [0.15, 0.2) is 0 Å². The summed E-state index contributed by atoms with van der Waals surface area (Å²) < 4.78 is 23.8. The van der Waals surface area contributed by atoms with Crippen molar-refractivity contribution in [2.24, 2.45) is 5.92 Å². The standard InChI is InChI=1S/C33H42N2O5/c1-33(2,3)40-32(36)35-17-15-29(26-11-13-28(14-12-26)38-19-5-18-37-22-24-7-8-24)31(21-35)39-23-25-9-10-27-6-4-16-34-30(27)20-25/h4,6,9-14,16,20,24,29,31H,5,7-8,15,17-19,21-23H2,1-3H3/t29-,31+/m1/s1. The van der Waals surface area contributed by atoms with Gasteiger partial charge >= 0.3 is 6.09 Å². The monoisotopic (exact) mass is 546 g/mol. The third-order valence-electron chi connectivity index (χ3n) is 7.41. The summed E-state index contributed by atoms with van der Waals surface area (Å²) >= 11 is 0. The molecule has 7 heteroatoms. The van der Waals surface area contributed by atoms with Crippen LogP contribution in [-0.2, 0) is 20.8 Å². The van der Waals surface area contributed by atoms with Crippen LogP contribution >= 0.6 is 0 Å². The molecule has 2 fully saturated rings. The minimum Gasteiger partial charge on any atom is -0.494 e. The molecular formula is C33H42N2O5. The van der Waals surface area contributed by atoms with Crippen molar-refractivity contribution in [1.29, 1.82) is 0 Å². The first-order valence-corrected chi connectivity index (χ1v) is 14.6. The molecule has 0 radical (unpaired) electrons. The Morgan fingerprint density at radius 3 is 2.62 bits per heavy atom. The van der Waals surface area contributed by atoms with Gasteiger partial charge in [-0.15, -0.1) is 0 Å². The Kier molecular flexibility index (Phi) is 9.22. The number of amides is 1. The summed E-state index contributed by atoms with van der Waals surface area (Å²) in [4.78, 5) is 19.1. The van der Waals surface area contributed by atoms with Crippen LogP contribution in [0.4, 0.5) is 4.79 Å². The average molecular weight is 547 g/mol. The second-order valence-corrected chi connectivity index (χ2v) is 12.0. The van der Waals surface area contributed by atoms with Crippen LogP contribution in [0.1, 0.15) is 63.5 Å². The second-order valence-electron chi connectivity index (χ2n) is 12.0. The number of ether oxygens (including phenoxy) is 4. The molecule has 2 aliphatic rings. The predicted molar refractivity (Wildman–Crippen MR) is 156 cm³/mol. The first kappa shape index (κ1) is 28.4. The molecule has 3 aromatic rings. The summed E-state index contributed by atoms with van der Waals surface area (Å²) in [6.45, 7) is 9.51. The molecule has 5 rings (SSSR count). The average Bonchev–Trinajstić information content (AvgIpc) is 3.77. The number of piperidine rings is 1. The first-order chi connectivity index (χ1) is 19.3. The van der Waals surface area contributed by atoms with Crippen molar-refractivity contribution in [1.82, 2.24) is 9.88 Å². The van der Waals surface area contributed by atoms with Gasteiger partial charge in [0.25, 0.3) is 0 Å². The van der Waals surface area contributed by atoms with E-state index in [2.05, 4.69) is 41.4 Å². The summed E-state index contributed by atoms with van der Waals surface area (Å²) in [6, 6.07) is 18.5. The molecule has 0 bridgehead atoms. The van der Waals surface area contributed by atoms with E-state index in [0.717, 1.165) is 54.2 Å². The molecule has 0 N–H and O–H groups in total. The molecule has 40 heavy (non-hydrogen) atoms. The molecule has 2 atom stereocenters. The van der Waals surface area contributed by atoms with E-state index >= 15 is 0 Å². The van der Waals surface area contributed by atoms with Gasteiger partial charge in [0.05, 0.1) is 31.4 Å². The molecule has 1 aliphatic carbocycles. The number of carbonyl (C=O) groups is 1.